The molecule has 0 saturated heterocycles. The van der Waals surface area contributed by atoms with Gasteiger partial charge in [0.25, 0.3) is 0 Å². The highest BCUT2D eigenvalue weighted by Gasteiger charge is 2.38. The lowest BCUT2D eigenvalue weighted by Crippen LogP contribution is -2.41. The third-order valence-corrected chi connectivity index (χ3v) is 3.87. The van der Waals surface area contributed by atoms with Gasteiger partial charge in [0.1, 0.15) is 0 Å². The largest absolute Gasteiger partial charge is 0.416 e. The summed E-state index contributed by atoms with van der Waals surface area (Å²) in [5.74, 6) is -0.456. The maximum absolute atomic E-state index is 13.1. The van der Waals surface area contributed by atoms with Crippen LogP contribution in [0.2, 0.25) is 0 Å². The lowest BCUT2D eigenvalue weighted by molar-refractivity contribution is -0.138. The normalized spacial score (nSPS) is 21.3. The van der Waals surface area contributed by atoms with E-state index in [0.717, 1.165) is 12.5 Å². The van der Waals surface area contributed by atoms with Crippen LogP contribution in [0.15, 0.2) is 24.3 Å². The average molecular weight is 337 g/mol. The van der Waals surface area contributed by atoms with Crippen LogP contribution in [-0.4, -0.2) is 25.5 Å². The van der Waals surface area contributed by atoms with Gasteiger partial charge in [-0.2, -0.15) is 13.2 Å². The Balaban J connectivity index is 0.00000242. The van der Waals surface area contributed by atoms with E-state index in [1.165, 1.54) is 12.1 Å². The van der Waals surface area contributed by atoms with E-state index in [9.17, 15) is 18.0 Å². The molecular formula is C15H20ClF3N2O. The molecule has 1 aliphatic rings. The number of alkyl halides is 3. The standard InChI is InChI=1S/C15H19F3N2O.ClH/c1-19-9-14(21)20-13-8-4-6-11(13)10-5-2-3-7-12(10)15(16,17)18;/h2-3,5,7,11,13,19H,4,6,8-9H2,1H3,(H,20,21);1H. The Morgan fingerprint density at radius 2 is 1.95 bits per heavy atom. The van der Waals surface area contributed by atoms with E-state index in [1.807, 2.05) is 0 Å². The summed E-state index contributed by atoms with van der Waals surface area (Å²) in [6, 6.07) is 5.43. The zero-order chi connectivity index (χ0) is 15.5. The summed E-state index contributed by atoms with van der Waals surface area (Å²) < 4.78 is 39.3. The molecular weight excluding hydrogens is 317 g/mol. The molecule has 124 valence electrons. The molecule has 1 fully saturated rings. The Kier molecular flexibility index (Phi) is 6.68. The van der Waals surface area contributed by atoms with Crippen LogP contribution in [0.4, 0.5) is 13.2 Å². The first-order valence-corrected chi connectivity index (χ1v) is 7.03. The molecule has 0 aromatic heterocycles. The number of hydrogen-bond acceptors (Lipinski definition) is 2. The molecule has 1 saturated carbocycles. The first-order valence-electron chi connectivity index (χ1n) is 7.03. The second-order valence-electron chi connectivity index (χ2n) is 5.33. The molecule has 22 heavy (non-hydrogen) atoms. The van der Waals surface area contributed by atoms with E-state index in [-0.39, 0.29) is 42.4 Å². The summed E-state index contributed by atoms with van der Waals surface area (Å²) in [5.41, 5.74) is -0.304. The molecule has 2 unspecified atom stereocenters. The minimum atomic E-state index is -4.36. The molecule has 1 aromatic rings. The van der Waals surface area contributed by atoms with Crippen LogP contribution in [0, 0.1) is 0 Å². The molecule has 3 nitrogen and oxygen atoms in total. The second-order valence-corrected chi connectivity index (χ2v) is 5.33. The van der Waals surface area contributed by atoms with Gasteiger partial charge >= 0.3 is 6.18 Å². The molecule has 2 rings (SSSR count). The third-order valence-electron chi connectivity index (χ3n) is 3.87. The number of carbonyl (C=O) groups excluding carboxylic acids is 1. The zero-order valence-electron chi connectivity index (χ0n) is 12.2. The number of rotatable bonds is 4. The summed E-state index contributed by atoms with van der Waals surface area (Å²) in [6.07, 6.45) is -2.16. The second kappa shape index (κ2) is 7.83. The maximum atomic E-state index is 13.1. The Morgan fingerprint density at radius 3 is 2.59 bits per heavy atom. The van der Waals surface area contributed by atoms with Gasteiger partial charge < -0.3 is 10.6 Å². The van der Waals surface area contributed by atoms with Crippen molar-refractivity contribution in [3.8, 4) is 0 Å². The fourth-order valence-corrected chi connectivity index (χ4v) is 3.00. The highest BCUT2D eigenvalue weighted by atomic mass is 35.5. The number of benzene rings is 1. The van der Waals surface area contributed by atoms with E-state index in [4.69, 9.17) is 0 Å². The van der Waals surface area contributed by atoms with Crippen LogP contribution in [0.1, 0.15) is 36.3 Å². The predicted octanol–water partition coefficient (Wildman–Crippen LogP) is 3.10. The summed E-state index contributed by atoms with van der Waals surface area (Å²) in [4.78, 5) is 11.7. The molecule has 1 aliphatic carbocycles. The summed E-state index contributed by atoms with van der Waals surface area (Å²) in [7, 11) is 1.66. The lowest BCUT2D eigenvalue weighted by atomic mass is 9.89. The van der Waals surface area contributed by atoms with Crippen molar-refractivity contribution in [1.82, 2.24) is 10.6 Å². The highest BCUT2D eigenvalue weighted by molar-refractivity contribution is 5.85. The van der Waals surface area contributed by atoms with Crippen molar-refractivity contribution in [2.45, 2.75) is 37.4 Å². The highest BCUT2D eigenvalue weighted by Crippen LogP contribution is 2.41. The van der Waals surface area contributed by atoms with Gasteiger partial charge in [0, 0.05) is 12.0 Å². The molecule has 0 heterocycles. The Hall–Kier alpha value is -1.27. The smallest absolute Gasteiger partial charge is 0.352 e. The number of likely N-dealkylation sites (N-methyl/N-ethyl adjacent to an activating group) is 1. The Labute approximate surface area is 134 Å². The molecule has 0 spiro atoms. The monoisotopic (exact) mass is 336 g/mol. The van der Waals surface area contributed by atoms with Gasteiger partial charge in [0.15, 0.2) is 0 Å². The van der Waals surface area contributed by atoms with Gasteiger partial charge in [-0.15, -0.1) is 12.4 Å². The van der Waals surface area contributed by atoms with Gasteiger partial charge in [-0.1, -0.05) is 24.6 Å². The molecule has 1 aromatic carbocycles. The molecule has 0 aliphatic heterocycles. The van der Waals surface area contributed by atoms with Crippen molar-refractivity contribution in [2.75, 3.05) is 13.6 Å². The first kappa shape index (κ1) is 18.8. The van der Waals surface area contributed by atoms with Gasteiger partial charge in [-0.05, 0) is 31.5 Å². The fraction of sp³-hybridized carbons (Fsp3) is 0.533. The maximum Gasteiger partial charge on any atom is 0.416 e. The minimum absolute atomic E-state index is 0. The van der Waals surface area contributed by atoms with Crippen molar-refractivity contribution in [3.05, 3.63) is 35.4 Å². The first-order chi connectivity index (χ1) is 9.93. The average Bonchev–Trinajstić information content (AvgIpc) is 2.86. The Morgan fingerprint density at radius 1 is 1.27 bits per heavy atom. The van der Waals surface area contributed by atoms with Crippen LogP contribution in [0.25, 0.3) is 0 Å². The van der Waals surface area contributed by atoms with Crippen molar-refractivity contribution >= 4 is 18.3 Å². The summed E-state index contributed by atoms with van der Waals surface area (Å²) in [6.45, 7) is 0.171. The number of amides is 1. The van der Waals surface area contributed by atoms with Gasteiger partial charge in [0.05, 0.1) is 12.1 Å². The molecule has 7 heteroatoms. The summed E-state index contributed by atoms with van der Waals surface area (Å²) >= 11 is 0. The predicted molar refractivity (Wildman–Crippen MR) is 81.1 cm³/mol. The zero-order valence-corrected chi connectivity index (χ0v) is 13.1. The Bertz CT molecular complexity index is 508. The third kappa shape index (κ3) is 4.36. The van der Waals surface area contributed by atoms with Gasteiger partial charge in [-0.25, -0.2) is 0 Å². The summed E-state index contributed by atoms with van der Waals surface area (Å²) in [5, 5.41) is 5.58. The van der Waals surface area contributed by atoms with Crippen LogP contribution in [0.3, 0.4) is 0 Å². The number of halogens is 4. The van der Waals surface area contributed by atoms with Crippen molar-refractivity contribution in [2.24, 2.45) is 0 Å². The van der Waals surface area contributed by atoms with E-state index >= 15 is 0 Å². The number of carbonyl (C=O) groups is 1. The lowest BCUT2D eigenvalue weighted by Gasteiger charge is -2.24. The molecule has 1 amide bonds. The molecule has 2 N–H and O–H groups in total. The van der Waals surface area contributed by atoms with Crippen molar-refractivity contribution < 1.29 is 18.0 Å². The van der Waals surface area contributed by atoms with Crippen LogP contribution >= 0.6 is 12.4 Å². The topological polar surface area (TPSA) is 41.1 Å². The van der Waals surface area contributed by atoms with E-state index < -0.39 is 11.7 Å². The molecule has 2 atom stereocenters. The van der Waals surface area contributed by atoms with E-state index in [0.29, 0.717) is 12.8 Å². The van der Waals surface area contributed by atoms with E-state index in [1.54, 1.807) is 13.1 Å². The minimum Gasteiger partial charge on any atom is -0.352 e. The van der Waals surface area contributed by atoms with Crippen molar-refractivity contribution in [3.63, 3.8) is 0 Å². The van der Waals surface area contributed by atoms with E-state index in [2.05, 4.69) is 10.6 Å². The van der Waals surface area contributed by atoms with Crippen LogP contribution in [0.5, 0.6) is 0 Å². The van der Waals surface area contributed by atoms with Crippen LogP contribution < -0.4 is 10.6 Å². The molecule has 0 radical (unpaired) electrons. The van der Waals surface area contributed by atoms with Gasteiger partial charge in [0.2, 0.25) is 5.91 Å². The molecule has 0 bridgehead atoms. The quantitative estimate of drug-likeness (QED) is 0.887. The fourth-order valence-electron chi connectivity index (χ4n) is 3.00. The number of hydrogen-bond donors (Lipinski definition) is 2. The van der Waals surface area contributed by atoms with Crippen molar-refractivity contribution in [1.29, 1.82) is 0 Å². The SMILES string of the molecule is CNCC(=O)NC1CCCC1c1ccccc1C(F)(F)F.Cl. The van der Waals surface area contributed by atoms with Crippen LogP contribution in [-0.2, 0) is 11.0 Å². The number of nitrogens with one attached hydrogen (secondary N) is 2. The van der Waals surface area contributed by atoms with Gasteiger partial charge in [-0.3, -0.25) is 4.79 Å².